The number of rotatable bonds is 5. The van der Waals surface area contributed by atoms with Crippen molar-refractivity contribution in [3.63, 3.8) is 0 Å². The van der Waals surface area contributed by atoms with Gasteiger partial charge in [-0.3, -0.25) is 0 Å². The summed E-state index contributed by atoms with van der Waals surface area (Å²) in [7, 11) is 0. The highest BCUT2D eigenvalue weighted by atomic mass is 19.4. The van der Waals surface area contributed by atoms with E-state index in [1.807, 2.05) is 0 Å². The molecule has 0 heterocycles. The molecule has 0 aromatic carbocycles. The van der Waals surface area contributed by atoms with E-state index in [1.54, 1.807) is 0 Å². The van der Waals surface area contributed by atoms with Gasteiger partial charge in [0, 0.05) is 0 Å². The Morgan fingerprint density at radius 1 is 0.880 bits per heavy atom. The summed E-state index contributed by atoms with van der Waals surface area (Å²) in [6.07, 6.45) is -0.257. The Labute approximate surface area is 140 Å². The van der Waals surface area contributed by atoms with Gasteiger partial charge in [-0.1, -0.05) is 0 Å². The van der Waals surface area contributed by atoms with Crippen molar-refractivity contribution in [2.24, 2.45) is 23.2 Å². The van der Waals surface area contributed by atoms with Crippen LogP contribution in [-0.2, 0) is 9.53 Å². The summed E-state index contributed by atoms with van der Waals surface area (Å²) in [4.78, 5) is 11.2. The molecule has 0 aromatic heterocycles. The Morgan fingerprint density at radius 3 is 1.72 bits per heavy atom. The zero-order valence-electron chi connectivity index (χ0n) is 13.4. The molecule has 0 atom stereocenters. The fourth-order valence-electron chi connectivity index (χ4n) is 5.35. The maximum atomic E-state index is 13.2. The molecule has 4 bridgehead atoms. The lowest BCUT2D eigenvalue weighted by molar-refractivity contribution is -0.348. The van der Waals surface area contributed by atoms with Gasteiger partial charge in [-0.2, -0.15) is 30.7 Å². The Hall–Kier alpha value is -1.02. The number of carbonyl (C=O) groups is 1. The topological polar surface area (TPSA) is 26.3 Å². The quantitative estimate of drug-likeness (QED) is 0.500. The van der Waals surface area contributed by atoms with Gasteiger partial charge in [0.05, 0.1) is 6.61 Å². The third kappa shape index (κ3) is 3.12. The first-order chi connectivity index (χ1) is 11.4. The summed E-state index contributed by atoms with van der Waals surface area (Å²) in [6.45, 7) is -0.561. The number of halogens is 7. The van der Waals surface area contributed by atoms with Crippen LogP contribution in [0.3, 0.4) is 0 Å². The monoisotopic (exact) mass is 376 g/mol. The molecular weight excluding hydrogens is 357 g/mol. The Bertz CT molecular complexity index is 506. The van der Waals surface area contributed by atoms with E-state index in [1.165, 1.54) is 0 Å². The number of carbonyl (C=O) groups excluding carboxylic acids is 1. The maximum absolute atomic E-state index is 13.2. The van der Waals surface area contributed by atoms with Gasteiger partial charge in [-0.25, -0.2) is 4.79 Å². The summed E-state index contributed by atoms with van der Waals surface area (Å²) >= 11 is 0. The van der Waals surface area contributed by atoms with E-state index in [0.717, 1.165) is 38.5 Å². The molecule has 0 aliphatic heterocycles. The van der Waals surface area contributed by atoms with Crippen LogP contribution in [0.4, 0.5) is 30.7 Å². The van der Waals surface area contributed by atoms with E-state index in [4.69, 9.17) is 0 Å². The molecule has 0 spiro atoms. The SMILES string of the molecule is O=C(OCCC12CC3CC(CC(C3)C1)C2)C(F)(F)C(F)(F)C(F)(F)F. The number of esters is 1. The van der Waals surface area contributed by atoms with E-state index in [-0.39, 0.29) is 11.8 Å². The van der Waals surface area contributed by atoms with Crippen molar-refractivity contribution in [3.8, 4) is 0 Å². The third-order valence-electron chi connectivity index (χ3n) is 6.04. The van der Waals surface area contributed by atoms with Crippen LogP contribution in [0.5, 0.6) is 0 Å². The van der Waals surface area contributed by atoms with Gasteiger partial charge in [0.15, 0.2) is 0 Å². The van der Waals surface area contributed by atoms with Gasteiger partial charge in [-0.15, -0.1) is 0 Å². The molecule has 9 heteroatoms. The third-order valence-corrected chi connectivity index (χ3v) is 6.04. The average Bonchev–Trinajstić information content (AvgIpc) is 2.43. The molecule has 0 unspecified atom stereocenters. The van der Waals surface area contributed by atoms with Gasteiger partial charge in [0.2, 0.25) is 0 Å². The summed E-state index contributed by atoms with van der Waals surface area (Å²) < 4.78 is 92.5. The van der Waals surface area contributed by atoms with Crippen LogP contribution < -0.4 is 0 Å². The molecule has 25 heavy (non-hydrogen) atoms. The lowest BCUT2D eigenvalue weighted by Gasteiger charge is -2.57. The molecule has 4 aliphatic carbocycles. The van der Waals surface area contributed by atoms with Crippen molar-refractivity contribution in [2.45, 2.75) is 63.0 Å². The Balaban J connectivity index is 1.58. The largest absolute Gasteiger partial charge is 0.461 e. The van der Waals surface area contributed by atoms with Crippen molar-refractivity contribution in [1.82, 2.24) is 0 Å². The van der Waals surface area contributed by atoms with Gasteiger partial charge in [0.1, 0.15) is 0 Å². The average molecular weight is 376 g/mol. The van der Waals surface area contributed by atoms with E-state index in [9.17, 15) is 35.5 Å². The van der Waals surface area contributed by atoms with Crippen molar-refractivity contribution in [2.75, 3.05) is 6.61 Å². The van der Waals surface area contributed by atoms with Gasteiger partial charge in [-0.05, 0) is 68.1 Å². The molecule has 144 valence electrons. The van der Waals surface area contributed by atoms with Crippen molar-refractivity contribution < 1.29 is 40.3 Å². The molecule has 4 rings (SSSR count). The molecule has 4 aliphatic rings. The Morgan fingerprint density at radius 2 is 1.32 bits per heavy atom. The number of alkyl halides is 7. The van der Waals surface area contributed by atoms with Gasteiger partial charge >= 0.3 is 24.0 Å². The summed E-state index contributed by atoms with van der Waals surface area (Å²) in [5.41, 5.74) is -0.156. The molecule has 0 amide bonds. The van der Waals surface area contributed by atoms with Crippen LogP contribution in [0.25, 0.3) is 0 Å². The summed E-state index contributed by atoms with van der Waals surface area (Å²) in [6, 6.07) is 0. The number of hydrogen-bond acceptors (Lipinski definition) is 2. The standard InChI is InChI=1S/C16H19F7O2/c17-14(18,15(19,20)16(21,22)23)12(24)25-2-1-13-6-9-3-10(7-13)5-11(4-9)8-13/h9-11H,1-8H2. The lowest BCUT2D eigenvalue weighted by atomic mass is 9.49. The maximum Gasteiger partial charge on any atom is 0.460 e. The fraction of sp³-hybridized carbons (Fsp3) is 0.938. The van der Waals surface area contributed by atoms with Crippen molar-refractivity contribution >= 4 is 5.97 Å². The van der Waals surface area contributed by atoms with E-state index < -0.39 is 30.6 Å². The smallest absolute Gasteiger partial charge is 0.460 e. The highest BCUT2D eigenvalue weighted by Crippen LogP contribution is 2.61. The summed E-state index contributed by atoms with van der Waals surface area (Å²) in [5, 5.41) is 0. The molecule has 4 saturated carbocycles. The first kappa shape index (κ1) is 18.8. The van der Waals surface area contributed by atoms with Crippen LogP contribution in [0.15, 0.2) is 0 Å². The molecule has 0 N–H and O–H groups in total. The van der Waals surface area contributed by atoms with Crippen LogP contribution in [-0.4, -0.2) is 30.6 Å². The van der Waals surface area contributed by atoms with E-state index in [2.05, 4.69) is 4.74 Å². The van der Waals surface area contributed by atoms with Crippen LogP contribution >= 0.6 is 0 Å². The lowest BCUT2D eigenvalue weighted by Crippen LogP contribution is -2.56. The first-order valence-corrected chi connectivity index (χ1v) is 8.36. The van der Waals surface area contributed by atoms with Gasteiger partial charge in [0.25, 0.3) is 0 Å². The zero-order valence-corrected chi connectivity index (χ0v) is 13.4. The predicted molar refractivity (Wildman–Crippen MR) is 72.1 cm³/mol. The van der Waals surface area contributed by atoms with Crippen LogP contribution in [0, 0.1) is 23.2 Å². The van der Waals surface area contributed by atoms with Gasteiger partial charge < -0.3 is 4.74 Å². The minimum absolute atomic E-state index is 0.156. The predicted octanol–water partition coefficient (Wildman–Crippen LogP) is 4.97. The minimum Gasteiger partial charge on any atom is -0.461 e. The second kappa shape index (κ2) is 5.74. The summed E-state index contributed by atoms with van der Waals surface area (Å²) in [5.74, 6) is -13.6. The second-order valence-electron chi connectivity index (χ2n) is 7.95. The molecular formula is C16H19F7O2. The van der Waals surface area contributed by atoms with Crippen LogP contribution in [0.2, 0.25) is 0 Å². The molecule has 0 saturated heterocycles. The fourth-order valence-corrected chi connectivity index (χ4v) is 5.35. The normalized spacial score (nSPS) is 35.1. The molecule has 2 nitrogen and oxygen atoms in total. The highest BCUT2D eigenvalue weighted by Gasteiger charge is 2.77. The number of ether oxygens (including phenoxy) is 1. The molecule has 0 radical (unpaired) electrons. The van der Waals surface area contributed by atoms with Crippen molar-refractivity contribution in [1.29, 1.82) is 0 Å². The van der Waals surface area contributed by atoms with E-state index >= 15 is 0 Å². The van der Waals surface area contributed by atoms with Crippen LogP contribution in [0.1, 0.15) is 44.9 Å². The molecule has 4 fully saturated rings. The minimum atomic E-state index is -6.53. The first-order valence-electron chi connectivity index (χ1n) is 8.36. The van der Waals surface area contributed by atoms with Crippen molar-refractivity contribution in [3.05, 3.63) is 0 Å². The molecule has 0 aromatic rings. The zero-order chi connectivity index (χ0) is 18.7. The second-order valence-corrected chi connectivity index (χ2v) is 7.95. The van der Waals surface area contributed by atoms with E-state index in [0.29, 0.717) is 17.8 Å². The highest BCUT2D eigenvalue weighted by molar-refractivity contribution is 5.79. The number of hydrogen-bond donors (Lipinski definition) is 0. The Kier molecular flexibility index (Phi) is 4.31.